The molecule has 0 bridgehead atoms. The third kappa shape index (κ3) is 4.38. The topological polar surface area (TPSA) is 106 Å². The van der Waals surface area contributed by atoms with Crippen LogP contribution in [0.4, 0.5) is 0 Å². The van der Waals surface area contributed by atoms with Crippen molar-refractivity contribution in [2.24, 2.45) is 12.8 Å². The average molecular weight is 301 g/mol. The zero-order valence-electron chi connectivity index (χ0n) is 12.2. The Kier molecular flexibility index (Phi) is 6.28. The summed E-state index contributed by atoms with van der Waals surface area (Å²) in [6.07, 6.45) is 2.42. The van der Waals surface area contributed by atoms with Crippen LogP contribution >= 0.6 is 11.8 Å². The van der Waals surface area contributed by atoms with E-state index in [-0.39, 0.29) is 11.6 Å². The number of nitrogens with one attached hydrogen (secondary N) is 2. The van der Waals surface area contributed by atoms with E-state index in [1.54, 1.807) is 7.05 Å². The van der Waals surface area contributed by atoms with Crippen LogP contribution in [0.3, 0.4) is 0 Å². The van der Waals surface area contributed by atoms with Crippen LogP contribution in [0.15, 0.2) is 9.95 Å². The highest BCUT2D eigenvalue weighted by Crippen LogP contribution is 2.18. The fourth-order valence-electron chi connectivity index (χ4n) is 1.75. The third-order valence-corrected chi connectivity index (χ3v) is 4.32. The molecular weight excluding hydrogens is 278 g/mol. The minimum absolute atomic E-state index is 0.223. The number of aromatic amines is 1. The molecule has 1 amide bonds. The van der Waals surface area contributed by atoms with Crippen LogP contribution in [0, 0.1) is 0 Å². The molecule has 0 saturated heterocycles. The van der Waals surface area contributed by atoms with Gasteiger partial charge in [-0.3, -0.25) is 9.36 Å². The van der Waals surface area contributed by atoms with Crippen molar-refractivity contribution in [2.45, 2.75) is 43.8 Å². The summed E-state index contributed by atoms with van der Waals surface area (Å²) in [5.74, 6) is 0.442. The molecule has 0 aliphatic carbocycles. The second-order valence-electron chi connectivity index (χ2n) is 4.95. The van der Waals surface area contributed by atoms with Gasteiger partial charge in [0, 0.05) is 12.8 Å². The molecule has 1 rings (SSSR count). The first-order valence-electron chi connectivity index (χ1n) is 6.70. The van der Waals surface area contributed by atoms with E-state index in [0.29, 0.717) is 11.6 Å². The summed E-state index contributed by atoms with van der Waals surface area (Å²) in [4.78, 5) is 22.7. The number of aromatic nitrogens is 3. The summed E-state index contributed by atoms with van der Waals surface area (Å²) < 4.78 is 1.47. The van der Waals surface area contributed by atoms with Crippen LogP contribution in [0.1, 0.15) is 33.1 Å². The molecule has 0 saturated carbocycles. The van der Waals surface area contributed by atoms with Gasteiger partial charge in [-0.15, -0.1) is 5.10 Å². The molecule has 114 valence electrons. The standard InChI is InChI=1S/C12H23N5O2S/c1-4-7-14-12(2,9(13)18)6-5-8-20-11-16-15-10(19)17(11)3/h14H,4-8H2,1-3H3,(H2,13,18)(H,15,19). The molecule has 0 fully saturated rings. The minimum atomic E-state index is -0.673. The number of nitrogens with zero attached hydrogens (tertiary/aromatic N) is 2. The quantitative estimate of drug-likeness (QED) is 0.447. The number of thioether (sulfide) groups is 1. The molecule has 1 unspecified atom stereocenters. The fourth-order valence-corrected chi connectivity index (χ4v) is 2.61. The van der Waals surface area contributed by atoms with E-state index < -0.39 is 5.54 Å². The number of hydrogen-bond acceptors (Lipinski definition) is 5. The van der Waals surface area contributed by atoms with E-state index in [1.807, 2.05) is 13.8 Å². The molecule has 20 heavy (non-hydrogen) atoms. The predicted molar refractivity (Wildman–Crippen MR) is 79.7 cm³/mol. The molecule has 4 N–H and O–H groups in total. The van der Waals surface area contributed by atoms with Gasteiger partial charge in [0.15, 0.2) is 5.16 Å². The van der Waals surface area contributed by atoms with E-state index in [2.05, 4.69) is 15.5 Å². The zero-order valence-corrected chi connectivity index (χ0v) is 13.0. The van der Waals surface area contributed by atoms with Gasteiger partial charge in [-0.2, -0.15) is 0 Å². The van der Waals surface area contributed by atoms with Crippen LogP contribution in [0.2, 0.25) is 0 Å². The van der Waals surface area contributed by atoms with Crippen molar-refractivity contribution in [2.75, 3.05) is 12.3 Å². The Balaban J connectivity index is 2.43. The van der Waals surface area contributed by atoms with Crippen LogP contribution < -0.4 is 16.7 Å². The van der Waals surface area contributed by atoms with E-state index >= 15 is 0 Å². The van der Waals surface area contributed by atoms with Crippen molar-refractivity contribution in [1.82, 2.24) is 20.1 Å². The molecule has 0 spiro atoms. The van der Waals surface area contributed by atoms with Crippen molar-refractivity contribution in [3.63, 3.8) is 0 Å². The van der Waals surface area contributed by atoms with Crippen molar-refractivity contribution in [3.8, 4) is 0 Å². The number of carbonyl (C=O) groups is 1. The minimum Gasteiger partial charge on any atom is -0.368 e. The van der Waals surface area contributed by atoms with Crippen LogP contribution in [0.25, 0.3) is 0 Å². The fraction of sp³-hybridized carbons (Fsp3) is 0.750. The van der Waals surface area contributed by atoms with Crippen LogP contribution in [-0.2, 0) is 11.8 Å². The molecule has 0 aromatic carbocycles. The Morgan fingerprint density at radius 2 is 2.30 bits per heavy atom. The number of primary amides is 1. The first kappa shape index (κ1) is 16.8. The number of nitrogens with two attached hydrogens (primary N) is 1. The Hall–Kier alpha value is -1.28. The highest BCUT2D eigenvalue weighted by Gasteiger charge is 2.29. The van der Waals surface area contributed by atoms with Gasteiger partial charge < -0.3 is 11.1 Å². The summed E-state index contributed by atoms with van der Waals surface area (Å²) in [6, 6.07) is 0. The molecule has 8 heteroatoms. The second-order valence-corrected chi connectivity index (χ2v) is 6.01. The monoisotopic (exact) mass is 301 g/mol. The van der Waals surface area contributed by atoms with Gasteiger partial charge in [0.2, 0.25) is 5.91 Å². The first-order valence-corrected chi connectivity index (χ1v) is 7.68. The lowest BCUT2D eigenvalue weighted by molar-refractivity contribution is -0.124. The zero-order chi connectivity index (χ0) is 15.2. The Morgan fingerprint density at radius 3 is 2.80 bits per heavy atom. The summed E-state index contributed by atoms with van der Waals surface area (Å²) in [5.41, 5.74) is 4.57. The Labute approximate surface area is 122 Å². The molecule has 7 nitrogen and oxygen atoms in total. The Bertz CT molecular complexity index is 498. The second kappa shape index (κ2) is 7.49. The third-order valence-electron chi connectivity index (χ3n) is 3.20. The van der Waals surface area contributed by atoms with Gasteiger partial charge in [0.05, 0.1) is 5.54 Å². The molecule has 1 aromatic heterocycles. The van der Waals surface area contributed by atoms with Gasteiger partial charge in [-0.05, 0) is 32.7 Å². The number of carbonyl (C=O) groups excluding carboxylic acids is 1. The Morgan fingerprint density at radius 1 is 1.60 bits per heavy atom. The molecular formula is C12H23N5O2S. The average Bonchev–Trinajstić information content (AvgIpc) is 2.73. The molecule has 1 heterocycles. The van der Waals surface area contributed by atoms with Gasteiger partial charge >= 0.3 is 5.69 Å². The normalized spacial score (nSPS) is 14.2. The molecule has 0 radical (unpaired) electrons. The lowest BCUT2D eigenvalue weighted by Gasteiger charge is -2.27. The van der Waals surface area contributed by atoms with E-state index in [4.69, 9.17) is 5.73 Å². The van der Waals surface area contributed by atoms with Gasteiger partial charge in [-0.1, -0.05) is 18.7 Å². The molecule has 0 aliphatic rings. The number of hydrogen-bond donors (Lipinski definition) is 3. The van der Waals surface area contributed by atoms with Crippen molar-refractivity contribution < 1.29 is 4.79 Å². The molecule has 0 aliphatic heterocycles. The smallest absolute Gasteiger partial charge is 0.343 e. The summed E-state index contributed by atoms with van der Waals surface area (Å²) in [5, 5.41) is 10.2. The van der Waals surface area contributed by atoms with Crippen LogP contribution in [0.5, 0.6) is 0 Å². The van der Waals surface area contributed by atoms with Gasteiger partial charge in [-0.25, -0.2) is 9.89 Å². The van der Waals surface area contributed by atoms with Gasteiger partial charge in [0.25, 0.3) is 0 Å². The molecule has 1 atom stereocenters. The van der Waals surface area contributed by atoms with Crippen molar-refractivity contribution in [3.05, 3.63) is 10.5 Å². The van der Waals surface area contributed by atoms with Crippen molar-refractivity contribution >= 4 is 17.7 Å². The number of H-pyrrole nitrogens is 1. The summed E-state index contributed by atoms with van der Waals surface area (Å²) in [7, 11) is 1.67. The molecule has 1 aromatic rings. The lowest BCUT2D eigenvalue weighted by atomic mass is 9.95. The summed E-state index contributed by atoms with van der Waals surface area (Å²) in [6.45, 7) is 4.64. The van der Waals surface area contributed by atoms with Crippen molar-refractivity contribution in [1.29, 1.82) is 0 Å². The first-order chi connectivity index (χ1) is 9.40. The largest absolute Gasteiger partial charge is 0.368 e. The maximum atomic E-state index is 11.5. The van der Waals surface area contributed by atoms with E-state index in [1.165, 1.54) is 16.3 Å². The number of amides is 1. The highest BCUT2D eigenvalue weighted by molar-refractivity contribution is 7.99. The van der Waals surface area contributed by atoms with E-state index in [0.717, 1.165) is 25.1 Å². The maximum absolute atomic E-state index is 11.5. The summed E-state index contributed by atoms with van der Waals surface area (Å²) >= 11 is 1.48. The van der Waals surface area contributed by atoms with Crippen LogP contribution in [-0.4, -0.2) is 38.5 Å². The maximum Gasteiger partial charge on any atom is 0.343 e. The SMILES string of the molecule is CCCNC(C)(CCCSc1n[nH]c(=O)n1C)C(N)=O. The van der Waals surface area contributed by atoms with E-state index in [9.17, 15) is 9.59 Å². The highest BCUT2D eigenvalue weighted by atomic mass is 32.2. The lowest BCUT2D eigenvalue weighted by Crippen LogP contribution is -2.53. The predicted octanol–water partition coefficient (Wildman–Crippen LogP) is 0.224. The number of rotatable bonds is 9. The van der Waals surface area contributed by atoms with Gasteiger partial charge in [0.1, 0.15) is 0 Å².